The molecule has 0 aliphatic carbocycles. The number of methoxy groups -OCH3 is 1. The van der Waals surface area contributed by atoms with Crippen LogP contribution in [0.25, 0.3) is 10.9 Å². The summed E-state index contributed by atoms with van der Waals surface area (Å²) in [6, 6.07) is 9.08. The number of amides is 1. The number of para-hydroxylation sites is 1. The van der Waals surface area contributed by atoms with Gasteiger partial charge in [-0.1, -0.05) is 29.8 Å². The van der Waals surface area contributed by atoms with Crippen LogP contribution in [0.3, 0.4) is 0 Å². The molecule has 1 unspecified atom stereocenters. The minimum absolute atomic E-state index is 0.0282. The Kier molecular flexibility index (Phi) is 4.57. The molecule has 0 fully saturated rings. The lowest BCUT2D eigenvalue weighted by Crippen LogP contribution is -2.38. The third kappa shape index (κ3) is 2.92. The number of fused-ring (bicyclic) bond motifs is 1. The average Bonchev–Trinajstić information content (AvgIpc) is 2.46. The van der Waals surface area contributed by atoms with Crippen molar-refractivity contribution in [1.29, 1.82) is 0 Å². The van der Waals surface area contributed by atoms with Crippen LogP contribution >= 0.6 is 11.6 Å². The highest BCUT2D eigenvalue weighted by Crippen LogP contribution is 2.23. The van der Waals surface area contributed by atoms with Crippen LogP contribution in [-0.2, 0) is 4.74 Å². The summed E-state index contributed by atoms with van der Waals surface area (Å²) in [5, 5.41) is 1.38. The monoisotopic (exact) mass is 292 g/mol. The Hall–Kier alpha value is -1.65. The lowest BCUT2D eigenvalue weighted by molar-refractivity contribution is 0.0628. The summed E-state index contributed by atoms with van der Waals surface area (Å²) in [5.41, 5.74) is 1.07. The highest BCUT2D eigenvalue weighted by molar-refractivity contribution is 6.35. The van der Waals surface area contributed by atoms with Crippen LogP contribution < -0.4 is 0 Å². The van der Waals surface area contributed by atoms with Gasteiger partial charge in [0.15, 0.2) is 0 Å². The quantitative estimate of drug-likeness (QED) is 0.870. The minimum Gasteiger partial charge on any atom is -0.383 e. The fourth-order valence-corrected chi connectivity index (χ4v) is 2.24. The number of likely N-dealkylation sites (N-methyl/N-ethyl adjacent to an activating group) is 1. The van der Waals surface area contributed by atoms with Gasteiger partial charge < -0.3 is 9.64 Å². The van der Waals surface area contributed by atoms with Crippen LogP contribution in [0.15, 0.2) is 30.3 Å². The van der Waals surface area contributed by atoms with E-state index in [-0.39, 0.29) is 11.9 Å². The molecular weight excluding hydrogens is 276 g/mol. The molecule has 20 heavy (non-hydrogen) atoms. The number of carbonyl (C=O) groups is 1. The van der Waals surface area contributed by atoms with Gasteiger partial charge in [-0.05, 0) is 19.1 Å². The Labute approximate surface area is 123 Å². The van der Waals surface area contributed by atoms with Crippen molar-refractivity contribution in [1.82, 2.24) is 9.88 Å². The molecule has 0 aliphatic heterocycles. The predicted octanol–water partition coefficient (Wildman–Crippen LogP) is 3.00. The molecule has 4 nitrogen and oxygen atoms in total. The molecule has 0 N–H and O–H groups in total. The number of nitrogens with zero attached hydrogens (tertiary/aromatic N) is 2. The number of aromatic nitrogens is 1. The average molecular weight is 293 g/mol. The van der Waals surface area contributed by atoms with Gasteiger partial charge in [-0.25, -0.2) is 4.98 Å². The SMILES string of the molecule is COCC(C)N(C)C(=O)c1cc(Cl)c2ccccc2n1. The maximum absolute atomic E-state index is 12.4. The Morgan fingerprint density at radius 2 is 2.15 bits per heavy atom. The molecule has 0 aliphatic rings. The summed E-state index contributed by atoms with van der Waals surface area (Å²) in [7, 11) is 3.34. The van der Waals surface area contributed by atoms with E-state index in [1.165, 1.54) is 0 Å². The smallest absolute Gasteiger partial charge is 0.272 e. The normalized spacial score (nSPS) is 12.4. The molecule has 1 aromatic carbocycles. The zero-order valence-corrected chi connectivity index (χ0v) is 12.5. The second-order valence-corrected chi connectivity index (χ2v) is 5.13. The fourth-order valence-electron chi connectivity index (χ4n) is 1.98. The van der Waals surface area contributed by atoms with Crippen molar-refractivity contribution in [2.75, 3.05) is 20.8 Å². The molecule has 1 atom stereocenters. The lowest BCUT2D eigenvalue weighted by atomic mass is 10.2. The van der Waals surface area contributed by atoms with Gasteiger partial charge in [0.25, 0.3) is 5.91 Å². The summed E-state index contributed by atoms with van der Waals surface area (Å²) in [6.45, 7) is 2.40. The molecule has 1 aromatic heterocycles. The topological polar surface area (TPSA) is 42.4 Å². The van der Waals surface area contributed by atoms with Crippen molar-refractivity contribution >= 4 is 28.4 Å². The first-order valence-electron chi connectivity index (χ1n) is 6.36. The molecule has 2 rings (SSSR count). The van der Waals surface area contributed by atoms with Gasteiger partial charge in [-0.15, -0.1) is 0 Å². The number of pyridine rings is 1. The molecule has 0 saturated heterocycles. The van der Waals surface area contributed by atoms with E-state index in [9.17, 15) is 4.79 Å². The van der Waals surface area contributed by atoms with E-state index in [1.807, 2.05) is 31.2 Å². The first-order chi connectivity index (χ1) is 9.54. The Balaban J connectivity index is 2.35. The number of halogens is 1. The number of hydrogen-bond donors (Lipinski definition) is 0. The number of benzene rings is 1. The van der Waals surface area contributed by atoms with Gasteiger partial charge in [-0.3, -0.25) is 4.79 Å². The highest BCUT2D eigenvalue weighted by atomic mass is 35.5. The van der Waals surface area contributed by atoms with Crippen LogP contribution in [0.1, 0.15) is 17.4 Å². The second-order valence-electron chi connectivity index (χ2n) is 4.73. The molecule has 0 saturated carbocycles. The molecule has 1 heterocycles. The van der Waals surface area contributed by atoms with E-state index in [1.54, 1.807) is 25.1 Å². The zero-order chi connectivity index (χ0) is 14.7. The Morgan fingerprint density at radius 3 is 2.85 bits per heavy atom. The summed E-state index contributed by atoms with van der Waals surface area (Å²) in [6.07, 6.45) is 0. The van der Waals surface area contributed by atoms with E-state index in [0.717, 1.165) is 10.9 Å². The Bertz CT molecular complexity index is 630. The number of rotatable bonds is 4. The van der Waals surface area contributed by atoms with Crippen molar-refractivity contribution in [3.63, 3.8) is 0 Å². The van der Waals surface area contributed by atoms with Crippen molar-refractivity contribution in [2.24, 2.45) is 0 Å². The second kappa shape index (κ2) is 6.20. The first kappa shape index (κ1) is 14.8. The number of hydrogen-bond acceptors (Lipinski definition) is 3. The van der Waals surface area contributed by atoms with Gasteiger partial charge in [0.1, 0.15) is 5.69 Å². The van der Waals surface area contributed by atoms with Crippen molar-refractivity contribution < 1.29 is 9.53 Å². The predicted molar refractivity (Wildman–Crippen MR) is 80.2 cm³/mol. The Morgan fingerprint density at radius 1 is 1.45 bits per heavy atom. The molecule has 5 heteroatoms. The van der Waals surface area contributed by atoms with Crippen molar-refractivity contribution in [3.8, 4) is 0 Å². The maximum Gasteiger partial charge on any atom is 0.272 e. The molecule has 1 amide bonds. The van der Waals surface area contributed by atoms with Crippen molar-refractivity contribution in [3.05, 3.63) is 41.0 Å². The van der Waals surface area contributed by atoms with E-state index in [2.05, 4.69) is 4.98 Å². The zero-order valence-electron chi connectivity index (χ0n) is 11.8. The van der Waals surface area contributed by atoms with E-state index >= 15 is 0 Å². The van der Waals surface area contributed by atoms with Gasteiger partial charge in [-0.2, -0.15) is 0 Å². The fraction of sp³-hybridized carbons (Fsp3) is 0.333. The molecule has 0 radical (unpaired) electrons. The third-order valence-corrected chi connectivity index (χ3v) is 3.59. The van der Waals surface area contributed by atoms with Crippen LogP contribution in [0.4, 0.5) is 0 Å². The molecule has 0 spiro atoms. The molecule has 2 aromatic rings. The highest BCUT2D eigenvalue weighted by Gasteiger charge is 2.19. The van der Waals surface area contributed by atoms with Gasteiger partial charge in [0.05, 0.1) is 23.2 Å². The van der Waals surface area contributed by atoms with Crippen LogP contribution in [0.5, 0.6) is 0 Å². The summed E-state index contributed by atoms with van der Waals surface area (Å²) >= 11 is 6.22. The molecule has 0 bridgehead atoms. The van der Waals surface area contributed by atoms with E-state index in [4.69, 9.17) is 16.3 Å². The van der Waals surface area contributed by atoms with Gasteiger partial charge in [0, 0.05) is 19.5 Å². The van der Waals surface area contributed by atoms with E-state index in [0.29, 0.717) is 17.3 Å². The molecular formula is C15H17ClN2O2. The van der Waals surface area contributed by atoms with Gasteiger partial charge in [0.2, 0.25) is 0 Å². The minimum atomic E-state index is -0.165. The maximum atomic E-state index is 12.4. The molecule has 106 valence electrons. The standard InChI is InChI=1S/C15H17ClN2O2/c1-10(9-20-3)18(2)15(19)14-8-12(16)11-6-4-5-7-13(11)17-14/h4-8,10H,9H2,1-3H3. The van der Waals surface area contributed by atoms with E-state index < -0.39 is 0 Å². The van der Waals surface area contributed by atoms with Crippen molar-refractivity contribution in [2.45, 2.75) is 13.0 Å². The van der Waals surface area contributed by atoms with Gasteiger partial charge >= 0.3 is 0 Å². The van der Waals surface area contributed by atoms with Crippen LogP contribution in [0, 0.1) is 0 Å². The lowest BCUT2D eigenvalue weighted by Gasteiger charge is -2.24. The summed E-state index contributed by atoms with van der Waals surface area (Å²) < 4.78 is 5.06. The largest absolute Gasteiger partial charge is 0.383 e. The van der Waals surface area contributed by atoms with Crippen LogP contribution in [0.2, 0.25) is 5.02 Å². The summed E-state index contributed by atoms with van der Waals surface area (Å²) in [5.74, 6) is -0.165. The first-order valence-corrected chi connectivity index (χ1v) is 6.73. The number of carbonyl (C=O) groups excluding carboxylic acids is 1. The van der Waals surface area contributed by atoms with Crippen LogP contribution in [-0.4, -0.2) is 42.6 Å². The number of ether oxygens (including phenoxy) is 1. The summed E-state index contributed by atoms with van der Waals surface area (Å²) in [4.78, 5) is 18.4. The third-order valence-electron chi connectivity index (χ3n) is 3.27.